The second-order valence-electron chi connectivity index (χ2n) is 4.07. The molecule has 0 N–H and O–H groups in total. The van der Waals surface area contributed by atoms with E-state index in [2.05, 4.69) is 0 Å². The first-order valence-corrected chi connectivity index (χ1v) is 5.68. The standard InChI is InChI=1S/C15H12F2O2/c1-9(18)10-6-7-13(16)12(8-10)11-4-3-5-14(19-2)15(11)17/h3-8H,1-2H3. The van der Waals surface area contributed by atoms with Gasteiger partial charge in [0.1, 0.15) is 5.82 Å². The molecule has 0 saturated heterocycles. The van der Waals surface area contributed by atoms with Crippen molar-refractivity contribution < 1.29 is 18.3 Å². The Balaban J connectivity index is 2.64. The molecule has 0 bridgehead atoms. The fourth-order valence-corrected chi connectivity index (χ4v) is 1.83. The van der Waals surface area contributed by atoms with E-state index in [1.807, 2.05) is 0 Å². The molecule has 0 unspecified atom stereocenters. The van der Waals surface area contributed by atoms with Gasteiger partial charge in [-0.05, 0) is 31.2 Å². The highest BCUT2D eigenvalue weighted by molar-refractivity contribution is 5.95. The Hall–Kier alpha value is -2.23. The van der Waals surface area contributed by atoms with Crippen LogP contribution in [0.25, 0.3) is 11.1 Å². The molecule has 0 radical (unpaired) electrons. The van der Waals surface area contributed by atoms with Crippen molar-refractivity contribution in [2.24, 2.45) is 0 Å². The SMILES string of the molecule is COc1cccc(-c2cc(C(C)=O)ccc2F)c1F. The smallest absolute Gasteiger partial charge is 0.172 e. The number of carbonyl (C=O) groups excluding carboxylic acids is 1. The van der Waals surface area contributed by atoms with Crippen LogP contribution in [0.3, 0.4) is 0 Å². The summed E-state index contributed by atoms with van der Waals surface area (Å²) in [5.41, 5.74) is 0.447. The van der Waals surface area contributed by atoms with E-state index in [0.29, 0.717) is 5.56 Å². The molecule has 0 aliphatic rings. The molecule has 0 atom stereocenters. The van der Waals surface area contributed by atoms with Crippen LogP contribution >= 0.6 is 0 Å². The van der Waals surface area contributed by atoms with Gasteiger partial charge in [0, 0.05) is 16.7 Å². The van der Waals surface area contributed by atoms with E-state index in [9.17, 15) is 13.6 Å². The Morgan fingerprint density at radius 1 is 1.11 bits per heavy atom. The lowest BCUT2D eigenvalue weighted by Gasteiger charge is -2.09. The number of carbonyl (C=O) groups is 1. The predicted octanol–water partition coefficient (Wildman–Crippen LogP) is 3.84. The van der Waals surface area contributed by atoms with Gasteiger partial charge in [0.05, 0.1) is 7.11 Å². The van der Waals surface area contributed by atoms with Crippen molar-refractivity contribution >= 4 is 5.78 Å². The fourth-order valence-electron chi connectivity index (χ4n) is 1.83. The van der Waals surface area contributed by atoms with Crippen molar-refractivity contribution in [1.82, 2.24) is 0 Å². The number of hydrogen-bond donors (Lipinski definition) is 0. The Bertz CT molecular complexity index is 636. The van der Waals surface area contributed by atoms with Gasteiger partial charge < -0.3 is 4.74 Å². The first kappa shape index (κ1) is 13.2. The highest BCUT2D eigenvalue weighted by atomic mass is 19.1. The second-order valence-corrected chi connectivity index (χ2v) is 4.07. The average molecular weight is 262 g/mol. The van der Waals surface area contributed by atoms with Gasteiger partial charge in [-0.25, -0.2) is 8.78 Å². The largest absolute Gasteiger partial charge is 0.494 e. The first-order valence-electron chi connectivity index (χ1n) is 5.68. The average Bonchev–Trinajstić information content (AvgIpc) is 2.39. The van der Waals surface area contributed by atoms with Gasteiger partial charge in [0.15, 0.2) is 17.3 Å². The molecule has 19 heavy (non-hydrogen) atoms. The third-order valence-electron chi connectivity index (χ3n) is 2.85. The van der Waals surface area contributed by atoms with E-state index in [1.54, 1.807) is 6.07 Å². The molecule has 0 saturated carbocycles. The number of ether oxygens (including phenoxy) is 1. The minimum Gasteiger partial charge on any atom is -0.494 e. The van der Waals surface area contributed by atoms with Gasteiger partial charge in [-0.2, -0.15) is 0 Å². The Kier molecular flexibility index (Phi) is 3.60. The maximum Gasteiger partial charge on any atom is 0.172 e. The van der Waals surface area contributed by atoms with Crippen LogP contribution in [0.5, 0.6) is 5.75 Å². The van der Waals surface area contributed by atoms with E-state index in [1.165, 1.54) is 38.3 Å². The van der Waals surface area contributed by atoms with Crippen molar-refractivity contribution in [2.75, 3.05) is 7.11 Å². The van der Waals surface area contributed by atoms with Gasteiger partial charge in [-0.15, -0.1) is 0 Å². The summed E-state index contributed by atoms with van der Waals surface area (Å²) in [6.45, 7) is 1.37. The lowest BCUT2D eigenvalue weighted by Crippen LogP contribution is -1.97. The third-order valence-corrected chi connectivity index (χ3v) is 2.85. The van der Waals surface area contributed by atoms with Crippen LogP contribution in [0, 0.1) is 11.6 Å². The van der Waals surface area contributed by atoms with Crippen molar-refractivity contribution in [3.05, 3.63) is 53.6 Å². The summed E-state index contributed by atoms with van der Waals surface area (Å²) < 4.78 is 32.8. The molecular formula is C15H12F2O2. The van der Waals surface area contributed by atoms with Crippen molar-refractivity contribution in [2.45, 2.75) is 6.92 Å². The van der Waals surface area contributed by atoms with Crippen molar-refractivity contribution in [1.29, 1.82) is 0 Å². The summed E-state index contributed by atoms with van der Waals surface area (Å²) in [4.78, 5) is 11.3. The van der Waals surface area contributed by atoms with Crippen molar-refractivity contribution in [3.8, 4) is 16.9 Å². The zero-order valence-electron chi connectivity index (χ0n) is 10.5. The highest BCUT2D eigenvalue weighted by Gasteiger charge is 2.15. The molecule has 0 aromatic heterocycles. The van der Waals surface area contributed by atoms with Crippen LogP contribution < -0.4 is 4.74 Å². The Morgan fingerprint density at radius 2 is 1.84 bits per heavy atom. The van der Waals surface area contributed by atoms with Crippen LogP contribution in [0.15, 0.2) is 36.4 Å². The fraction of sp³-hybridized carbons (Fsp3) is 0.133. The van der Waals surface area contributed by atoms with E-state index in [-0.39, 0.29) is 22.7 Å². The van der Waals surface area contributed by atoms with Gasteiger partial charge >= 0.3 is 0 Å². The van der Waals surface area contributed by atoms with Gasteiger partial charge in [0.25, 0.3) is 0 Å². The predicted molar refractivity (Wildman–Crippen MR) is 68.4 cm³/mol. The summed E-state index contributed by atoms with van der Waals surface area (Å²) in [6, 6.07) is 8.34. The molecule has 0 fully saturated rings. The number of Topliss-reactive ketones (excluding diaryl/α,β-unsaturated/α-hetero) is 1. The van der Waals surface area contributed by atoms with Crippen LogP contribution in [0.1, 0.15) is 17.3 Å². The molecule has 98 valence electrons. The van der Waals surface area contributed by atoms with Crippen LogP contribution in [-0.4, -0.2) is 12.9 Å². The molecule has 2 nitrogen and oxygen atoms in total. The van der Waals surface area contributed by atoms with Gasteiger partial charge in [-0.3, -0.25) is 4.79 Å². The van der Waals surface area contributed by atoms with Crippen LogP contribution in [0.2, 0.25) is 0 Å². The number of halogens is 2. The maximum absolute atomic E-state index is 14.1. The lowest BCUT2D eigenvalue weighted by atomic mass is 10.00. The summed E-state index contributed by atoms with van der Waals surface area (Å²) in [7, 11) is 1.34. The molecular weight excluding hydrogens is 250 g/mol. The molecule has 0 aliphatic heterocycles. The first-order chi connectivity index (χ1) is 9.04. The minimum absolute atomic E-state index is 0.0325. The molecule has 0 spiro atoms. The normalized spacial score (nSPS) is 10.3. The van der Waals surface area contributed by atoms with E-state index in [4.69, 9.17) is 4.74 Å². The van der Waals surface area contributed by atoms with Gasteiger partial charge in [0.2, 0.25) is 0 Å². The van der Waals surface area contributed by atoms with E-state index < -0.39 is 11.6 Å². The Morgan fingerprint density at radius 3 is 2.47 bits per heavy atom. The summed E-state index contributed by atoms with van der Waals surface area (Å²) in [5.74, 6) is -1.41. The zero-order chi connectivity index (χ0) is 14.0. The molecule has 0 aliphatic carbocycles. The number of hydrogen-bond acceptors (Lipinski definition) is 2. The summed E-state index contributed by atoms with van der Waals surface area (Å²) in [6.07, 6.45) is 0. The molecule has 4 heteroatoms. The zero-order valence-corrected chi connectivity index (χ0v) is 10.5. The monoisotopic (exact) mass is 262 g/mol. The number of methoxy groups -OCH3 is 1. The molecule has 0 heterocycles. The van der Waals surface area contributed by atoms with Gasteiger partial charge in [-0.1, -0.05) is 12.1 Å². The highest BCUT2D eigenvalue weighted by Crippen LogP contribution is 2.31. The topological polar surface area (TPSA) is 26.3 Å². The summed E-state index contributed by atoms with van der Waals surface area (Å²) in [5, 5.41) is 0. The number of ketones is 1. The van der Waals surface area contributed by atoms with Crippen LogP contribution in [-0.2, 0) is 0 Å². The van der Waals surface area contributed by atoms with Crippen LogP contribution in [0.4, 0.5) is 8.78 Å². The maximum atomic E-state index is 14.1. The van der Waals surface area contributed by atoms with E-state index in [0.717, 1.165) is 6.07 Å². The summed E-state index contributed by atoms with van der Waals surface area (Å²) >= 11 is 0. The van der Waals surface area contributed by atoms with Crippen molar-refractivity contribution in [3.63, 3.8) is 0 Å². The molecule has 2 aromatic rings. The third kappa shape index (κ3) is 2.47. The molecule has 0 amide bonds. The lowest BCUT2D eigenvalue weighted by molar-refractivity contribution is 0.101. The Labute approximate surface area is 109 Å². The van der Waals surface area contributed by atoms with E-state index >= 15 is 0 Å². The number of rotatable bonds is 3. The molecule has 2 rings (SSSR count). The second kappa shape index (κ2) is 5.18. The number of benzene rings is 2. The molecule has 2 aromatic carbocycles. The minimum atomic E-state index is -0.649. The quantitative estimate of drug-likeness (QED) is 0.785.